The maximum absolute atomic E-state index is 13.0. The van der Waals surface area contributed by atoms with E-state index in [9.17, 15) is 13.2 Å². The van der Waals surface area contributed by atoms with Gasteiger partial charge in [0.25, 0.3) is 10.0 Å². The number of carbonyl (C=O) groups is 1. The van der Waals surface area contributed by atoms with Gasteiger partial charge in [0.05, 0.1) is 18.9 Å². The normalized spacial score (nSPS) is 27.8. The van der Waals surface area contributed by atoms with Crippen molar-refractivity contribution in [1.82, 2.24) is 24.7 Å². The number of hydrogen-bond acceptors (Lipinski definition) is 6. The molecule has 1 aromatic heterocycles. The fourth-order valence-corrected chi connectivity index (χ4v) is 6.83. The first-order valence-electron chi connectivity index (χ1n) is 11.9. The number of nitrogens with one attached hydrogen (secondary N) is 2. The molecule has 5 rings (SSSR count). The van der Waals surface area contributed by atoms with E-state index in [1.54, 1.807) is 17.8 Å². The lowest BCUT2D eigenvalue weighted by Crippen LogP contribution is -2.43. The SMILES string of the molecule is Cn1nc(S(=O)(=O)NC(=O)NC2=C3CCCC3=CC3(C)CCCC23)cc1CN1CCOCC1. The highest BCUT2D eigenvalue weighted by molar-refractivity contribution is 7.90. The van der Waals surface area contributed by atoms with Gasteiger partial charge >= 0.3 is 6.03 Å². The first-order valence-corrected chi connectivity index (χ1v) is 13.4. The molecule has 0 bridgehead atoms. The molecule has 2 unspecified atom stereocenters. The number of carbonyl (C=O) groups excluding carboxylic acids is 1. The average Bonchev–Trinajstić information content (AvgIpc) is 3.47. The summed E-state index contributed by atoms with van der Waals surface area (Å²) < 4.78 is 35.0. The summed E-state index contributed by atoms with van der Waals surface area (Å²) in [6.45, 7) is 5.76. The minimum atomic E-state index is -4.09. The van der Waals surface area contributed by atoms with Crippen molar-refractivity contribution in [3.8, 4) is 0 Å². The third-order valence-electron chi connectivity index (χ3n) is 7.64. The number of nitrogens with zero attached hydrogens (tertiary/aromatic N) is 3. The van der Waals surface area contributed by atoms with Gasteiger partial charge in [0.2, 0.25) is 0 Å². The predicted octanol–water partition coefficient (Wildman–Crippen LogP) is 2.42. The van der Waals surface area contributed by atoms with Crippen LogP contribution in [-0.2, 0) is 28.4 Å². The van der Waals surface area contributed by atoms with Crippen LogP contribution in [0.15, 0.2) is 34.0 Å². The summed E-state index contributed by atoms with van der Waals surface area (Å²) in [6, 6.07) is 0.833. The van der Waals surface area contributed by atoms with Crippen molar-refractivity contribution >= 4 is 16.1 Å². The number of rotatable bonds is 5. The second kappa shape index (κ2) is 8.56. The maximum Gasteiger partial charge on any atom is 0.332 e. The van der Waals surface area contributed by atoms with Gasteiger partial charge in [0, 0.05) is 44.4 Å². The van der Waals surface area contributed by atoms with Crippen LogP contribution in [0.25, 0.3) is 0 Å². The quantitative estimate of drug-likeness (QED) is 0.678. The molecule has 180 valence electrons. The van der Waals surface area contributed by atoms with Crippen LogP contribution in [-0.4, -0.2) is 55.4 Å². The lowest BCUT2D eigenvalue weighted by Gasteiger charge is -2.36. The molecular weight excluding hydrogens is 442 g/mol. The van der Waals surface area contributed by atoms with E-state index in [-0.39, 0.29) is 16.4 Å². The van der Waals surface area contributed by atoms with Crippen molar-refractivity contribution in [2.45, 2.75) is 57.0 Å². The Morgan fingerprint density at radius 1 is 1.27 bits per heavy atom. The Morgan fingerprint density at radius 2 is 2.06 bits per heavy atom. The van der Waals surface area contributed by atoms with E-state index in [4.69, 9.17) is 4.74 Å². The summed E-state index contributed by atoms with van der Waals surface area (Å²) in [4.78, 5) is 15.1. The summed E-state index contributed by atoms with van der Waals surface area (Å²) in [5, 5.41) is 6.98. The lowest BCUT2D eigenvalue weighted by molar-refractivity contribution is 0.0331. The third kappa shape index (κ3) is 4.36. The highest BCUT2D eigenvalue weighted by Crippen LogP contribution is 2.54. The number of hydrogen-bond donors (Lipinski definition) is 2. The largest absolute Gasteiger partial charge is 0.379 e. The van der Waals surface area contributed by atoms with E-state index >= 15 is 0 Å². The summed E-state index contributed by atoms with van der Waals surface area (Å²) in [5.74, 6) is 0.234. The number of sulfonamides is 1. The molecule has 4 aliphatic rings. The van der Waals surface area contributed by atoms with Gasteiger partial charge in [0.15, 0.2) is 5.03 Å². The summed E-state index contributed by atoms with van der Waals surface area (Å²) in [7, 11) is -2.37. The van der Waals surface area contributed by atoms with Crippen LogP contribution in [0.5, 0.6) is 0 Å². The molecule has 0 radical (unpaired) electrons. The third-order valence-corrected chi connectivity index (χ3v) is 8.84. The molecule has 0 aromatic carbocycles. The smallest absolute Gasteiger partial charge is 0.332 e. The Hall–Kier alpha value is -2.17. The summed E-state index contributed by atoms with van der Waals surface area (Å²) in [6.07, 6.45) is 8.68. The Bertz CT molecular complexity index is 1120. The highest BCUT2D eigenvalue weighted by Gasteiger charge is 2.45. The van der Waals surface area contributed by atoms with Crippen molar-refractivity contribution in [1.29, 1.82) is 0 Å². The number of morpholine rings is 1. The molecule has 33 heavy (non-hydrogen) atoms. The fourth-order valence-electron chi connectivity index (χ4n) is 5.91. The van der Waals surface area contributed by atoms with Crippen LogP contribution in [0.2, 0.25) is 0 Å². The first kappa shape index (κ1) is 22.6. The standard InChI is InChI=1S/C23H33N5O4S/c1-23-8-4-7-19(23)21(18-6-3-5-16(18)14-23)24-22(29)26-33(30,31)20-13-17(27(2)25-20)15-28-9-11-32-12-10-28/h13-14,19H,3-12,15H2,1-2H3,(H2,24,26,29). The van der Waals surface area contributed by atoms with Gasteiger partial charge in [-0.3, -0.25) is 9.58 Å². The van der Waals surface area contributed by atoms with Crippen LogP contribution in [0, 0.1) is 11.3 Å². The van der Waals surface area contributed by atoms with E-state index in [0.29, 0.717) is 19.8 Å². The zero-order chi connectivity index (χ0) is 23.2. The Morgan fingerprint density at radius 3 is 2.85 bits per heavy atom. The van der Waals surface area contributed by atoms with Gasteiger partial charge in [-0.2, -0.15) is 13.5 Å². The van der Waals surface area contributed by atoms with Crippen molar-refractivity contribution in [3.63, 3.8) is 0 Å². The number of ether oxygens (including phenoxy) is 1. The van der Waals surface area contributed by atoms with Gasteiger partial charge in [-0.25, -0.2) is 9.52 Å². The van der Waals surface area contributed by atoms with Gasteiger partial charge in [0.1, 0.15) is 0 Å². The number of urea groups is 1. The van der Waals surface area contributed by atoms with E-state index in [2.05, 4.69) is 33.0 Å². The second-order valence-corrected chi connectivity index (χ2v) is 11.5. The second-order valence-electron chi connectivity index (χ2n) is 9.91. The predicted molar refractivity (Wildman–Crippen MR) is 123 cm³/mol. The molecule has 3 fully saturated rings. The number of fused-ring (bicyclic) bond motifs is 2. The number of allylic oxidation sites excluding steroid dienone is 4. The maximum atomic E-state index is 13.0. The number of aromatic nitrogens is 2. The highest BCUT2D eigenvalue weighted by atomic mass is 32.2. The van der Waals surface area contributed by atoms with Crippen LogP contribution in [0.1, 0.15) is 51.1 Å². The van der Waals surface area contributed by atoms with Crippen molar-refractivity contribution < 1.29 is 17.9 Å². The molecule has 10 heteroatoms. The van der Waals surface area contributed by atoms with E-state index in [1.165, 1.54) is 11.1 Å². The minimum absolute atomic E-state index is 0.0417. The van der Waals surface area contributed by atoms with Gasteiger partial charge in [-0.05, 0) is 48.7 Å². The van der Waals surface area contributed by atoms with E-state index in [0.717, 1.165) is 63.0 Å². The molecule has 1 saturated heterocycles. The Labute approximate surface area is 195 Å². The minimum Gasteiger partial charge on any atom is -0.379 e. The molecule has 2 heterocycles. The zero-order valence-corrected chi connectivity index (χ0v) is 20.2. The Kier molecular flexibility index (Phi) is 5.86. The Balaban J connectivity index is 1.31. The van der Waals surface area contributed by atoms with Crippen molar-refractivity contribution in [3.05, 3.63) is 34.7 Å². The molecular formula is C23H33N5O4S. The topological polar surface area (TPSA) is 106 Å². The molecule has 3 aliphatic carbocycles. The molecule has 2 N–H and O–H groups in total. The van der Waals surface area contributed by atoms with E-state index < -0.39 is 16.1 Å². The van der Waals surface area contributed by atoms with Crippen molar-refractivity contribution in [2.24, 2.45) is 18.4 Å². The summed E-state index contributed by atoms with van der Waals surface area (Å²) in [5.41, 5.74) is 4.27. The fraction of sp³-hybridized carbons (Fsp3) is 0.652. The van der Waals surface area contributed by atoms with E-state index in [1.807, 2.05) is 0 Å². The van der Waals surface area contributed by atoms with Gasteiger partial charge in [-0.15, -0.1) is 0 Å². The molecule has 2 saturated carbocycles. The molecule has 2 atom stereocenters. The first-order chi connectivity index (χ1) is 15.7. The lowest BCUT2D eigenvalue weighted by atomic mass is 9.71. The van der Waals surface area contributed by atoms with Gasteiger partial charge in [-0.1, -0.05) is 19.4 Å². The molecule has 2 amide bonds. The zero-order valence-electron chi connectivity index (χ0n) is 19.4. The molecule has 1 aromatic rings. The van der Waals surface area contributed by atoms with Crippen LogP contribution in [0.3, 0.4) is 0 Å². The average molecular weight is 476 g/mol. The van der Waals surface area contributed by atoms with Crippen molar-refractivity contribution in [2.75, 3.05) is 26.3 Å². The van der Waals surface area contributed by atoms with Crippen LogP contribution in [0.4, 0.5) is 4.79 Å². The molecule has 1 aliphatic heterocycles. The molecule has 0 spiro atoms. The van der Waals surface area contributed by atoms with Gasteiger partial charge < -0.3 is 10.1 Å². The number of aryl methyl sites for hydroxylation is 1. The molecule has 9 nitrogen and oxygen atoms in total. The van der Waals surface area contributed by atoms with Crippen LogP contribution < -0.4 is 10.0 Å². The monoisotopic (exact) mass is 475 g/mol. The number of amides is 2. The summed E-state index contributed by atoms with van der Waals surface area (Å²) >= 11 is 0. The van der Waals surface area contributed by atoms with Crippen LogP contribution >= 0.6 is 0 Å².